The average Bonchev–Trinajstić information content (AvgIpc) is 3.54. The van der Waals surface area contributed by atoms with Crippen LogP contribution in [-0.4, -0.2) is 82.0 Å². The Balaban J connectivity index is 1.74. The van der Waals surface area contributed by atoms with Crippen molar-refractivity contribution >= 4 is 27.2 Å². The van der Waals surface area contributed by atoms with Crippen molar-refractivity contribution < 1.29 is 41.2 Å². The fraction of sp³-hybridized carbons (Fsp3) is 0.562. The molecule has 11 heteroatoms. The van der Waals surface area contributed by atoms with Gasteiger partial charge in [0.15, 0.2) is 24.8 Å². The van der Waals surface area contributed by atoms with Crippen molar-refractivity contribution in [1.29, 1.82) is 0 Å². The summed E-state index contributed by atoms with van der Waals surface area (Å²) in [7, 11) is -4.67. The number of hydrogen-bond donors (Lipinski definition) is 0. The third kappa shape index (κ3) is 12.3. The number of unbranched alkanes of at least 4 members (excludes halogenated alkanes) is 2. The van der Waals surface area contributed by atoms with Gasteiger partial charge in [0, 0.05) is 80.3 Å². The quantitative estimate of drug-likeness (QED) is 0.0229. The Morgan fingerprint density at radius 1 is 0.831 bits per heavy atom. The number of fused-ring (bicyclic) bond motifs is 2. The van der Waals surface area contributed by atoms with Gasteiger partial charge >= 0.3 is 0 Å². The van der Waals surface area contributed by atoms with Crippen molar-refractivity contribution in [3.8, 4) is 0 Å². The molecule has 10 nitrogen and oxygen atoms in total. The van der Waals surface area contributed by atoms with Crippen molar-refractivity contribution in [3.05, 3.63) is 102 Å². The molecular formula is C48H70N2O8S. The van der Waals surface area contributed by atoms with E-state index in [2.05, 4.69) is 92.3 Å². The summed E-state index contributed by atoms with van der Waals surface area (Å²) in [6.45, 7) is 26.9. The molecule has 1 atom stereocenters. The normalized spacial score (nSPS) is 18.4. The van der Waals surface area contributed by atoms with E-state index in [1.807, 2.05) is 34.6 Å². The molecule has 0 bridgehead atoms. The minimum absolute atomic E-state index is 0.220. The van der Waals surface area contributed by atoms with Crippen LogP contribution in [0.5, 0.6) is 0 Å². The zero-order chi connectivity index (χ0) is 43.2. The third-order valence-corrected chi connectivity index (χ3v) is 12.2. The summed E-state index contributed by atoms with van der Waals surface area (Å²) in [4.78, 5) is 2.03. The minimum Gasteiger partial charge on any atom is -0.744 e. The molecule has 326 valence electrons. The first-order valence-corrected chi connectivity index (χ1v) is 23.0. The molecule has 0 spiro atoms. The topological polar surface area (TPSA) is 110 Å². The van der Waals surface area contributed by atoms with Crippen molar-refractivity contribution in [2.45, 2.75) is 136 Å². The highest BCUT2D eigenvalue weighted by Crippen LogP contribution is 2.51. The lowest BCUT2D eigenvalue weighted by molar-refractivity contribution is -0.443. The van der Waals surface area contributed by atoms with E-state index in [4.69, 9.17) is 23.7 Å². The van der Waals surface area contributed by atoms with E-state index in [9.17, 15) is 13.0 Å². The van der Waals surface area contributed by atoms with Gasteiger partial charge in [-0.3, -0.25) is 0 Å². The lowest BCUT2D eigenvalue weighted by Gasteiger charge is -2.31. The van der Waals surface area contributed by atoms with Crippen LogP contribution in [0.2, 0.25) is 0 Å². The Morgan fingerprint density at radius 3 is 2.12 bits per heavy atom. The lowest BCUT2D eigenvalue weighted by Crippen LogP contribution is -2.32. The summed E-state index contributed by atoms with van der Waals surface area (Å²) in [5, 5.41) is 0. The van der Waals surface area contributed by atoms with Gasteiger partial charge in [-0.2, -0.15) is 4.58 Å². The molecule has 0 amide bonds. The Bertz CT molecular complexity index is 1940. The lowest BCUT2D eigenvalue weighted by atomic mass is 9.77. The predicted molar refractivity (Wildman–Crippen MR) is 237 cm³/mol. The second-order valence-corrected chi connectivity index (χ2v) is 17.3. The second-order valence-electron chi connectivity index (χ2n) is 15.9. The van der Waals surface area contributed by atoms with Crippen LogP contribution in [0, 0.1) is 6.92 Å². The van der Waals surface area contributed by atoms with E-state index >= 15 is 0 Å². The van der Waals surface area contributed by atoms with Gasteiger partial charge in [-0.05, 0) is 111 Å². The monoisotopic (exact) mass is 834 g/mol. The molecule has 0 N–H and O–H groups in total. The zero-order valence-electron chi connectivity index (χ0n) is 37.2. The molecule has 2 aromatic rings. The number of nitrogens with zero attached hydrogens (tertiary/aromatic N) is 2. The molecule has 0 saturated heterocycles. The zero-order valence-corrected chi connectivity index (χ0v) is 38.0. The third-order valence-electron chi connectivity index (χ3n) is 11.3. The van der Waals surface area contributed by atoms with Crippen LogP contribution in [0.4, 0.5) is 11.4 Å². The van der Waals surface area contributed by atoms with Gasteiger partial charge in [-0.1, -0.05) is 49.3 Å². The highest BCUT2D eigenvalue weighted by Gasteiger charge is 2.45. The molecule has 0 radical (unpaired) electrons. The number of hydrogen-bond acceptors (Lipinski definition) is 9. The first kappa shape index (κ1) is 48.1. The molecule has 0 aromatic heterocycles. The smallest absolute Gasteiger partial charge is 0.209 e. The van der Waals surface area contributed by atoms with Gasteiger partial charge in [-0.25, -0.2) is 8.42 Å². The van der Waals surface area contributed by atoms with E-state index in [0.29, 0.717) is 46.0 Å². The van der Waals surface area contributed by atoms with E-state index in [1.165, 1.54) is 28.6 Å². The van der Waals surface area contributed by atoms with Crippen LogP contribution in [0.25, 0.3) is 0 Å². The largest absolute Gasteiger partial charge is 0.744 e. The number of allylic oxidation sites excluding steroid dienone is 7. The van der Waals surface area contributed by atoms with Gasteiger partial charge in [0.25, 0.3) is 0 Å². The molecule has 2 aliphatic rings. The standard InChI is InChI=1S/C48H70N2O8S/c1-11-54-37(7)22-18-17-21-31-48(10)40-35-38(59(51,52)53)26-28-42(40)50(33-30-46(57-14-4)58-15-5)44(48)24-20-16-19-23-43-47(8,9)39-34-36(6)25-27-41(39)49(43)32-29-45(55-12-2)56-13-3/h16,19-20,23-28,34-35,45-46H,7,11-15,17-18,21-22,29-33H2,1-6,8-10H3. The molecular weight excluding hydrogens is 765 g/mol. The molecule has 0 saturated carbocycles. The van der Waals surface area contributed by atoms with Crippen molar-refractivity contribution in [2.75, 3.05) is 51.0 Å². The summed E-state index contributed by atoms with van der Waals surface area (Å²) in [5.74, 6) is 0.791. The Labute approximate surface area is 355 Å². The fourth-order valence-electron chi connectivity index (χ4n) is 8.47. The van der Waals surface area contributed by atoms with Crippen LogP contribution >= 0.6 is 0 Å². The van der Waals surface area contributed by atoms with Crippen LogP contribution in [0.1, 0.15) is 117 Å². The molecule has 2 heterocycles. The minimum atomic E-state index is -4.67. The maximum absolute atomic E-state index is 12.4. The summed E-state index contributed by atoms with van der Waals surface area (Å²) in [6, 6.07) is 11.5. The Morgan fingerprint density at radius 2 is 1.49 bits per heavy atom. The van der Waals surface area contributed by atoms with Gasteiger partial charge in [0.05, 0.1) is 29.1 Å². The van der Waals surface area contributed by atoms with Crippen molar-refractivity contribution in [2.24, 2.45) is 0 Å². The maximum atomic E-state index is 12.4. The second kappa shape index (κ2) is 22.3. The summed E-state index contributed by atoms with van der Waals surface area (Å²) >= 11 is 0. The van der Waals surface area contributed by atoms with Gasteiger partial charge < -0.3 is 33.1 Å². The van der Waals surface area contributed by atoms with Crippen LogP contribution in [0.15, 0.2) is 89.7 Å². The predicted octanol–water partition coefficient (Wildman–Crippen LogP) is 10.1. The van der Waals surface area contributed by atoms with Crippen molar-refractivity contribution in [3.63, 3.8) is 0 Å². The van der Waals surface area contributed by atoms with E-state index in [0.717, 1.165) is 67.8 Å². The number of ether oxygens (including phenoxy) is 5. The molecule has 1 unspecified atom stereocenters. The first-order valence-electron chi connectivity index (χ1n) is 21.6. The van der Waals surface area contributed by atoms with Gasteiger partial charge in [0.2, 0.25) is 5.69 Å². The van der Waals surface area contributed by atoms with Crippen molar-refractivity contribution in [1.82, 2.24) is 0 Å². The summed E-state index contributed by atoms with van der Waals surface area (Å²) in [5.41, 5.74) is 6.85. The van der Waals surface area contributed by atoms with E-state index in [-0.39, 0.29) is 22.9 Å². The van der Waals surface area contributed by atoms with E-state index in [1.54, 1.807) is 12.1 Å². The molecule has 4 rings (SSSR count). The van der Waals surface area contributed by atoms with E-state index < -0.39 is 15.5 Å². The molecule has 0 fully saturated rings. The summed E-state index contributed by atoms with van der Waals surface area (Å²) in [6.07, 6.45) is 15.5. The summed E-state index contributed by atoms with van der Waals surface area (Å²) < 4.78 is 68.7. The maximum Gasteiger partial charge on any atom is 0.209 e. The highest BCUT2D eigenvalue weighted by atomic mass is 32.2. The fourth-order valence-corrected chi connectivity index (χ4v) is 8.97. The molecule has 2 aromatic carbocycles. The SMILES string of the molecule is C=C(CCCCCC1(C)/C(=C/C=C/C=C/C2=[N+](CCC(OCC)OCC)c3ccc(C)cc3C2(C)C)N(CCC(OCC)OCC)c2ccc(S(=O)(=O)[O-])cc21)OCC. The molecule has 2 aliphatic heterocycles. The number of aryl methyl sites for hydroxylation is 1. The highest BCUT2D eigenvalue weighted by molar-refractivity contribution is 7.85. The van der Waals surface area contributed by atoms with Crippen LogP contribution in [0.3, 0.4) is 0 Å². The van der Waals surface area contributed by atoms with Crippen LogP contribution in [-0.2, 0) is 44.6 Å². The molecule has 0 aliphatic carbocycles. The molecule has 59 heavy (non-hydrogen) atoms. The van der Waals surface area contributed by atoms with Gasteiger partial charge in [-0.15, -0.1) is 0 Å². The number of anilines is 1. The Hall–Kier alpha value is -3.58. The number of rotatable bonds is 26. The number of benzene rings is 2. The van der Waals surface area contributed by atoms with Gasteiger partial charge in [0.1, 0.15) is 10.1 Å². The Kier molecular flexibility index (Phi) is 18.2. The first-order chi connectivity index (χ1) is 28.2. The average molecular weight is 835 g/mol. The van der Waals surface area contributed by atoms with Crippen LogP contribution < -0.4 is 4.90 Å².